The average molecular weight is 365 g/mol. The summed E-state index contributed by atoms with van der Waals surface area (Å²) in [4.78, 5) is 25.6. The topological polar surface area (TPSA) is 86.8 Å². The third kappa shape index (κ3) is 3.55. The number of carbonyl (C=O) groups excluding carboxylic acids is 2. The van der Waals surface area contributed by atoms with Gasteiger partial charge in [-0.15, -0.1) is 0 Å². The number of hydrogen-bond acceptors (Lipinski definition) is 4. The lowest BCUT2D eigenvalue weighted by Crippen LogP contribution is -2.54. The summed E-state index contributed by atoms with van der Waals surface area (Å²) in [6, 6.07) is 4.83. The van der Waals surface area contributed by atoms with Crippen molar-refractivity contribution in [1.29, 1.82) is 0 Å². The Hall–Kier alpha value is -1.93. The fourth-order valence-corrected chi connectivity index (χ4v) is 5.02. The molecule has 0 aromatic heterocycles. The smallest absolute Gasteiger partial charge is 0.245 e. The Balaban J connectivity index is 1.67. The van der Waals surface area contributed by atoms with Crippen molar-refractivity contribution in [3.05, 3.63) is 29.3 Å². The summed E-state index contributed by atoms with van der Waals surface area (Å²) < 4.78 is 27.2. The lowest BCUT2D eigenvalue weighted by molar-refractivity contribution is -0.135. The van der Waals surface area contributed by atoms with Gasteiger partial charge in [0.25, 0.3) is 0 Å². The maximum Gasteiger partial charge on any atom is 0.245 e. The fourth-order valence-electron chi connectivity index (χ4n) is 3.40. The lowest BCUT2D eigenvalue weighted by Gasteiger charge is -2.35. The summed E-state index contributed by atoms with van der Waals surface area (Å²) in [7, 11) is -3.56. The minimum absolute atomic E-state index is 0.102. The predicted molar refractivity (Wildman–Crippen MR) is 92.4 cm³/mol. The van der Waals surface area contributed by atoms with Crippen molar-refractivity contribution in [3.63, 3.8) is 0 Å². The molecule has 7 nitrogen and oxygen atoms in total. The molecule has 2 aliphatic heterocycles. The van der Waals surface area contributed by atoms with Crippen molar-refractivity contribution in [2.75, 3.05) is 26.2 Å². The molecule has 1 aromatic carbocycles. The number of amides is 2. The van der Waals surface area contributed by atoms with Crippen molar-refractivity contribution < 1.29 is 18.0 Å². The second-order valence-corrected chi connectivity index (χ2v) is 8.56. The van der Waals surface area contributed by atoms with Crippen LogP contribution in [0.1, 0.15) is 24.0 Å². The Morgan fingerprint density at radius 1 is 1.16 bits per heavy atom. The maximum atomic E-state index is 12.9. The van der Waals surface area contributed by atoms with Crippen molar-refractivity contribution in [1.82, 2.24) is 14.5 Å². The monoisotopic (exact) mass is 365 g/mol. The molecular weight excluding hydrogens is 342 g/mol. The average Bonchev–Trinajstić information content (AvgIpc) is 3.00. The van der Waals surface area contributed by atoms with Crippen molar-refractivity contribution in [3.8, 4) is 0 Å². The van der Waals surface area contributed by atoms with Gasteiger partial charge in [-0.1, -0.05) is 17.7 Å². The van der Waals surface area contributed by atoms with Crippen LogP contribution in [0.15, 0.2) is 23.1 Å². The third-order valence-corrected chi connectivity index (χ3v) is 6.85. The first-order valence-electron chi connectivity index (χ1n) is 8.44. The molecule has 2 aliphatic rings. The van der Waals surface area contributed by atoms with Gasteiger partial charge in [-0.3, -0.25) is 9.59 Å². The van der Waals surface area contributed by atoms with E-state index >= 15 is 0 Å². The molecule has 8 heteroatoms. The molecule has 0 aliphatic carbocycles. The van der Waals surface area contributed by atoms with Crippen LogP contribution in [-0.2, 0) is 19.6 Å². The molecule has 0 spiro atoms. The van der Waals surface area contributed by atoms with Gasteiger partial charge < -0.3 is 10.2 Å². The molecule has 1 N–H and O–H groups in total. The van der Waals surface area contributed by atoms with Crippen molar-refractivity contribution >= 4 is 21.8 Å². The fraction of sp³-hybridized carbons (Fsp3) is 0.529. The van der Waals surface area contributed by atoms with Crippen LogP contribution < -0.4 is 5.32 Å². The standard InChI is InChI=1S/C17H23N3O4S/c1-12-3-5-15(13(2)11-12)25(23,24)20-9-7-19(8-10-20)17(22)14-4-6-16(21)18-14/h3,5,11,14H,4,6-10H2,1-2H3,(H,18,21). The summed E-state index contributed by atoms with van der Waals surface area (Å²) in [5.74, 6) is -0.219. The molecular formula is C17H23N3O4S. The maximum absolute atomic E-state index is 12.9. The van der Waals surface area contributed by atoms with Gasteiger partial charge in [-0.05, 0) is 31.9 Å². The number of sulfonamides is 1. The van der Waals surface area contributed by atoms with Crippen LogP contribution in [0, 0.1) is 13.8 Å². The Morgan fingerprint density at radius 3 is 2.40 bits per heavy atom. The molecule has 3 rings (SSSR count). The van der Waals surface area contributed by atoms with Crippen LogP contribution in [0.3, 0.4) is 0 Å². The van der Waals surface area contributed by atoms with Gasteiger partial charge in [0.15, 0.2) is 0 Å². The molecule has 2 saturated heterocycles. The second kappa shape index (κ2) is 6.76. The van der Waals surface area contributed by atoms with Crippen molar-refractivity contribution in [2.24, 2.45) is 0 Å². The zero-order valence-corrected chi connectivity index (χ0v) is 15.3. The van der Waals surface area contributed by atoms with Crippen LogP contribution in [-0.4, -0.2) is 61.7 Å². The van der Waals surface area contributed by atoms with E-state index in [1.54, 1.807) is 24.0 Å². The van der Waals surface area contributed by atoms with E-state index < -0.39 is 16.1 Å². The zero-order valence-electron chi connectivity index (χ0n) is 14.5. The van der Waals surface area contributed by atoms with E-state index in [2.05, 4.69) is 5.32 Å². The number of hydrogen-bond donors (Lipinski definition) is 1. The van der Waals surface area contributed by atoms with Crippen LogP contribution >= 0.6 is 0 Å². The highest BCUT2D eigenvalue weighted by molar-refractivity contribution is 7.89. The van der Waals surface area contributed by atoms with Gasteiger partial charge in [0, 0.05) is 32.6 Å². The summed E-state index contributed by atoms with van der Waals surface area (Å²) in [6.07, 6.45) is 0.885. The van der Waals surface area contributed by atoms with E-state index in [0.717, 1.165) is 11.1 Å². The summed E-state index contributed by atoms with van der Waals surface area (Å²) >= 11 is 0. The second-order valence-electron chi connectivity index (χ2n) is 6.66. The molecule has 1 atom stereocenters. The molecule has 0 bridgehead atoms. The Labute approximate surface area is 148 Å². The van der Waals surface area contributed by atoms with E-state index in [0.29, 0.717) is 30.8 Å². The number of piperazine rings is 1. The van der Waals surface area contributed by atoms with E-state index in [1.807, 2.05) is 13.0 Å². The van der Waals surface area contributed by atoms with Crippen LogP contribution in [0.5, 0.6) is 0 Å². The zero-order chi connectivity index (χ0) is 18.2. The summed E-state index contributed by atoms with van der Waals surface area (Å²) in [5.41, 5.74) is 1.75. The highest BCUT2D eigenvalue weighted by Gasteiger charge is 2.35. The normalized spacial score (nSPS) is 22.1. The van der Waals surface area contributed by atoms with Gasteiger partial charge in [0.05, 0.1) is 4.90 Å². The number of nitrogens with zero attached hydrogens (tertiary/aromatic N) is 2. The van der Waals surface area contributed by atoms with E-state index in [1.165, 1.54) is 4.31 Å². The van der Waals surface area contributed by atoms with Gasteiger partial charge in [0.2, 0.25) is 21.8 Å². The quantitative estimate of drug-likeness (QED) is 0.841. The summed E-state index contributed by atoms with van der Waals surface area (Å²) in [5, 5.41) is 2.67. The van der Waals surface area contributed by atoms with Gasteiger partial charge in [0.1, 0.15) is 6.04 Å². The van der Waals surface area contributed by atoms with Gasteiger partial charge in [-0.25, -0.2) is 8.42 Å². The minimum Gasteiger partial charge on any atom is -0.344 e. The highest BCUT2D eigenvalue weighted by Crippen LogP contribution is 2.22. The molecule has 2 fully saturated rings. The minimum atomic E-state index is -3.56. The molecule has 0 saturated carbocycles. The van der Waals surface area contributed by atoms with Crippen molar-refractivity contribution in [2.45, 2.75) is 37.6 Å². The molecule has 2 heterocycles. The largest absolute Gasteiger partial charge is 0.344 e. The summed E-state index contributed by atoms with van der Waals surface area (Å²) in [6.45, 7) is 4.94. The molecule has 136 valence electrons. The third-order valence-electron chi connectivity index (χ3n) is 4.79. The predicted octanol–water partition coefficient (Wildman–Crippen LogP) is 0.415. The van der Waals surface area contributed by atoms with Crippen LogP contribution in [0.2, 0.25) is 0 Å². The number of aryl methyl sites for hydroxylation is 2. The first kappa shape index (κ1) is 17.9. The van der Waals surface area contributed by atoms with Crippen LogP contribution in [0.4, 0.5) is 0 Å². The Bertz CT molecular complexity index is 798. The molecule has 2 amide bonds. The van der Waals surface area contributed by atoms with Crippen LogP contribution in [0.25, 0.3) is 0 Å². The SMILES string of the molecule is Cc1ccc(S(=O)(=O)N2CCN(C(=O)C3CCC(=O)N3)CC2)c(C)c1. The van der Waals surface area contributed by atoms with E-state index in [-0.39, 0.29) is 24.9 Å². The molecule has 0 radical (unpaired) electrons. The van der Waals surface area contributed by atoms with Gasteiger partial charge >= 0.3 is 0 Å². The van der Waals surface area contributed by atoms with E-state index in [4.69, 9.17) is 0 Å². The number of carbonyl (C=O) groups is 2. The number of rotatable bonds is 3. The first-order chi connectivity index (χ1) is 11.8. The Morgan fingerprint density at radius 2 is 1.84 bits per heavy atom. The molecule has 1 unspecified atom stereocenters. The lowest BCUT2D eigenvalue weighted by atomic mass is 10.2. The highest BCUT2D eigenvalue weighted by atomic mass is 32.2. The number of nitrogens with one attached hydrogen (secondary N) is 1. The Kier molecular flexibility index (Phi) is 4.83. The molecule has 1 aromatic rings. The first-order valence-corrected chi connectivity index (χ1v) is 9.88. The number of benzene rings is 1. The molecule has 25 heavy (non-hydrogen) atoms. The van der Waals surface area contributed by atoms with E-state index in [9.17, 15) is 18.0 Å². The van der Waals surface area contributed by atoms with Gasteiger partial charge in [-0.2, -0.15) is 4.31 Å².